The quantitative estimate of drug-likeness (QED) is 0.383. The van der Waals surface area contributed by atoms with Gasteiger partial charge in [-0.05, 0) is 29.7 Å². The van der Waals surface area contributed by atoms with Crippen LogP contribution in [0, 0.1) is 0 Å². The van der Waals surface area contributed by atoms with Crippen molar-refractivity contribution in [1.29, 1.82) is 0 Å². The van der Waals surface area contributed by atoms with E-state index in [9.17, 15) is 8.42 Å². The van der Waals surface area contributed by atoms with Gasteiger partial charge in [0, 0.05) is 30.2 Å². The van der Waals surface area contributed by atoms with Crippen molar-refractivity contribution in [2.45, 2.75) is 18.7 Å². The molecule has 2 aromatic carbocycles. The molecular weight excluding hydrogens is 405 g/mol. The Morgan fingerprint density at radius 2 is 1.81 bits per heavy atom. The second-order valence-electron chi connectivity index (χ2n) is 6.02. The summed E-state index contributed by atoms with van der Waals surface area (Å²) < 4.78 is 24.4. The molecule has 0 atom stereocenters. The first kappa shape index (κ1) is 21.5. The summed E-state index contributed by atoms with van der Waals surface area (Å²) in [5.74, 6) is 0.770. The van der Waals surface area contributed by atoms with E-state index in [0.717, 1.165) is 11.1 Å². The minimum Gasteiger partial charge on any atom is -0.356 e. The number of nitrogens with one attached hydrogen (secondary N) is 2. The van der Waals surface area contributed by atoms with Gasteiger partial charge in [0.25, 0.3) is 0 Å². The smallest absolute Gasteiger partial charge is 0.191 e. The second-order valence-corrected chi connectivity index (χ2v) is 9.05. The Morgan fingerprint density at radius 3 is 2.48 bits per heavy atom. The average Bonchev–Trinajstić information content (AvgIpc) is 2.63. The number of hydrogen-bond acceptors (Lipinski definition) is 3. The molecule has 0 saturated carbocycles. The molecule has 0 spiro atoms. The summed E-state index contributed by atoms with van der Waals surface area (Å²) >= 11 is 12.0. The van der Waals surface area contributed by atoms with Crippen LogP contribution in [0.1, 0.15) is 17.5 Å². The van der Waals surface area contributed by atoms with Gasteiger partial charge in [-0.25, -0.2) is 8.42 Å². The Bertz CT molecular complexity index is 872. The topological polar surface area (TPSA) is 70.6 Å². The lowest BCUT2D eigenvalue weighted by Crippen LogP contribution is -2.37. The van der Waals surface area contributed by atoms with Gasteiger partial charge in [0.05, 0.1) is 11.5 Å². The molecule has 0 aliphatic carbocycles. The summed E-state index contributed by atoms with van der Waals surface area (Å²) in [6.45, 7) is 0.990. The van der Waals surface area contributed by atoms with Crippen LogP contribution in [-0.2, 0) is 22.1 Å². The molecule has 5 nitrogen and oxygen atoms in total. The maximum atomic E-state index is 12.2. The second kappa shape index (κ2) is 10.5. The molecule has 0 aliphatic heterocycles. The zero-order valence-electron chi connectivity index (χ0n) is 15.1. The summed E-state index contributed by atoms with van der Waals surface area (Å²) in [4.78, 5) is 4.13. The predicted octanol–water partition coefficient (Wildman–Crippen LogP) is 3.66. The number of sulfone groups is 1. The standard InChI is InChI=1S/C19H23Cl2N3O2S/c1-22-19(24-13-16-8-9-17(20)12-18(16)21)23-10-5-11-27(25,26)14-15-6-3-2-4-7-15/h2-4,6-9,12H,5,10-11,13-14H2,1H3,(H2,22,23,24). The lowest BCUT2D eigenvalue weighted by atomic mass is 10.2. The van der Waals surface area contributed by atoms with Gasteiger partial charge in [0.15, 0.2) is 15.8 Å². The largest absolute Gasteiger partial charge is 0.356 e. The lowest BCUT2D eigenvalue weighted by Gasteiger charge is -2.13. The molecule has 146 valence electrons. The van der Waals surface area contributed by atoms with E-state index in [1.165, 1.54) is 0 Å². The van der Waals surface area contributed by atoms with E-state index in [0.29, 0.717) is 35.5 Å². The molecule has 0 amide bonds. The van der Waals surface area contributed by atoms with E-state index in [2.05, 4.69) is 15.6 Å². The fourth-order valence-corrected chi connectivity index (χ4v) is 4.37. The van der Waals surface area contributed by atoms with E-state index in [1.54, 1.807) is 19.2 Å². The molecule has 2 aromatic rings. The summed E-state index contributed by atoms with van der Waals surface area (Å²) in [6.07, 6.45) is 0.498. The highest BCUT2D eigenvalue weighted by Crippen LogP contribution is 2.20. The molecule has 0 heterocycles. The molecular formula is C19H23Cl2N3O2S. The van der Waals surface area contributed by atoms with Gasteiger partial charge in [-0.2, -0.15) is 0 Å². The third-order valence-corrected chi connectivity index (χ3v) is 6.11. The first-order valence-corrected chi connectivity index (χ1v) is 11.1. The van der Waals surface area contributed by atoms with Gasteiger partial charge in [0.1, 0.15) is 0 Å². The highest BCUT2D eigenvalue weighted by Gasteiger charge is 2.11. The van der Waals surface area contributed by atoms with Crippen molar-refractivity contribution in [3.8, 4) is 0 Å². The van der Waals surface area contributed by atoms with Crippen molar-refractivity contribution in [1.82, 2.24) is 10.6 Å². The number of aliphatic imine (C=N–C) groups is 1. The first-order chi connectivity index (χ1) is 12.9. The van der Waals surface area contributed by atoms with Crippen LogP contribution in [0.3, 0.4) is 0 Å². The third kappa shape index (κ3) is 7.79. The highest BCUT2D eigenvalue weighted by atomic mass is 35.5. The van der Waals surface area contributed by atoms with Crippen LogP contribution in [0.25, 0.3) is 0 Å². The predicted molar refractivity (Wildman–Crippen MR) is 113 cm³/mol. The van der Waals surface area contributed by atoms with Crippen molar-refractivity contribution >= 4 is 39.0 Å². The summed E-state index contributed by atoms with van der Waals surface area (Å²) in [6, 6.07) is 14.5. The molecule has 0 fully saturated rings. The van der Waals surface area contributed by atoms with Crippen LogP contribution >= 0.6 is 23.2 Å². The molecule has 8 heteroatoms. The minimum atomic E-state index is -3.13. The molecule has 0 saturated heterocycles. The zero-order chi connectivity index (χ0) is 19.7. The molecule has 0 bridgehead atoms. The first-order valence-electron chi connectivity index (χ1n) is 8.52. The van der Waals surface area contributed by atoms with E-state index in [4.69, 9.17) is 23.2 Å². The Labute approximate surface area is 170 Å². The molecule has 2 N–H and O–H groups in total. The Kier molecular flexibility index (Phi) is 8.41. The molecule has 27 heavy (non-hydrogen) atoms. The summed E-state index contributed by atoms with van der Waals surface area (Å²) in [7, 11) is -1.48. The average molecular weight is 428 g/mol. The van der Waals surface area contributed by atoms with Crippen molar-refractivity contribution in [3.05, 3.63) is 69.7 Å². The molecule has 0 aliphatic rings. The van der Waals surface area contributed by atoms with Crippen LogP contribution in [0.4, 0.5) is 0 Å². The Morgan fingerprint density at radius 1 is 1.07 bits per heavy atom. The lowest BCUT2D eigenvalue weighted by molar-refractivity contribution is 0.591. The SMILES string of the molecule is CN=C(NCCCS(=O)(=O)Cc1ccccc1)NCc1ccc(Cl)cc1Cl. The number of benzene rings is 2. The van der Waals surface area contributed by atoms with Crippen molar-refractivity contribution < 1.29 is 8.42 Å². The van der Waals surface area contributed by atoms with E-state index >= 15 is 0 Å². The summed E-state index contributed by atoms with van der Waals surface area (Å²) in [5.41, 5.74) is 1.71. The monoisotopic (exact) mass is 427 g/mol. The van der Waals surface area contributed by atoms with Crippen molar-refractivity contribution in [3.63, 3.8) is 0 Å². The van der Waals surface area contributed by atoms with Crippen LogP contribution in [-0.4, -0.2) is 33.7 Å². The number of nitrogens with zero attached hydrogens (tertiary/aromatic N) is 1. The van der Waals surface area contributed by atoms with E-state index in [1.807, 2.05) is 36.4 Å². The van der Waals surface area contributed by atoms with Gasteiger partial charge in [-0.3, -0.25) is 4.99 Å². The fourth-order valence-electron chi connectivity index (χ4n) is 2.46. The Hall–Kier alpha value is -1.76. The van der Waals surface area contributed by atoms with Gasteiger partial charge in [0.2, 0.25) is 0 Å². The van der Waals surface area contributed by atoms with Gasteiger partial charge in [-0.15, -0.1) is 0 Å². The maximum absolute atomic E-state index is 12.2. The fraction of sp³-hybridized carbons (Fsp3) is 0.316. The van der Waals surface area contributed by atoms with Crippen LogP contribution in [0.15, 0.2) is 53.5 Å². The minimum absolute atomic E-state index is 0.0654. The molecule has 0 aromatic heterocycles. The number of guanidine groups is 1. The van der Waals surface area contributed by atoms with Gasteiger partial charge in [-0.1, -0.05) is 59.6 Å². The van der Waals surface area contributed by atoms with Crippen LogP contribution in [0.2, 0.25) is 10.0 Å². The number of rotatable bonds is 8. The Balaban J connectivity index is 1.74. The van der Waals surface area contributed by atoms with Crippen molar-refractivity contribution in [2.24, 2.45) is 4.99 Å². The summed E-state index contributed by atoms with van der Waals surface area (Å²) in [5, 5.41) is 7.42. The molecule has 2 rings (SSSR count). The van der Waals surface area contributed by atoms with E-state index in [-0.39, 0.29) is 11.5 Å². The number of hydrogen-bond donors (Lipinski definition) is 2. The van der Waals surface area contributed by atoms with Gasteiger partial charge < -0.3 is 10.6 Å². The number of halogens is 2. The molecule has 0 radical (unpaired) electrons. The normalized spacial score (nSPS) is 12.0. The highest BCUT2D eigenvalue weighted by molar-refractivity contribution is 7.90. The van der Waals surface area contributed by atoms with Gasteiger partial charge >= 0.3 is 0 Å². The van der Waals surface area contributed by atoms with Crippen molar-refractivity contribution in [2.75, 3.05) is 19.3 Å². The van der Waals surface area contributed by atoms with E-state index < -0.39 is 9.84 Å². The van der Waals surface area contributed by atoms with Crippen LogP contribution < -0.4 is 10.6 Å². The van der Waals surface area contributed by atoms with Crippen LogP contribution in [0.5, 0.6) is 0 Å². The third-order valence-electron chi connectivity index (χ3n) is 3.84. The zero-order valence-corrected chi connectivity index (χ0v) is 17.4. The molecule has 0 unspecified atom stereocenters. The maximum Gasteiger partial charge on any atom is 0.191 e.